The molecule has 0 atom stereocenters. The lowest BCUT2D eigenvalue weighted by Gasteiger charge is -2.05. The highest BCUT2D eigenvalue weighted by Gasteiger charge is 2.07. The summed E-state index contributed by atoms with van der Waals surface area (Å²) in [5.74, 6) is -0.332. The van der Waals surface area contributed by atoms with Gasteiger partial charge in [0, 0.05) is 36.6 Å². The Morgan fingerprint density at radius 2 is 2.14 bits per heavy atom. The first kappa shape index (κ1) is 14.4. The maximum Gasteiger partial charge on any atom is 0.269 e. The number of hydrogen-bond acceptors (Lipinski definition) is 5. The molecule has 0 fully saturated rings. The number of nitrogens with zero attached hydrogens (tertiary/aromatic N) is 3. The number of aromatic nitrogens is 2. The van der Waals surface area contributed by atoms with Gasteiger partial charge in [-0.05, 0) is 24.3 Å². The molecular weight excluding hydrogens is 270 g/mol. The Hall–Kier alpha value is -2.96. The molecule has 2 rings (SSSR count). The van der Waals surface area contributed by atoms with Gasteiger partial charge in [-0.3, -0.25) is 14.8 Å². The Morgan fingerprint density at radius 3 is 2.76 bits per heavy atom. The number of nitrogens with two attached hydrogens (primary N) is 1. The molecule has 0 unspecified atom stereocenters. The molecule has 21 heavy (non-hydrogen) atoms. The van der Waals surface area contributed by atoms with E-state index in [1.54, 1.807) is 12.3 Å². The lowest BCUT2D eigenvalue weighted by molar-refractivity contribution is 0.0949. The molecule has 108 valence electrons. The van der Waals surface area contributed by atoms with E-state index < -0.39 is 0 Å². The van der Waals surface area contributed by atoms with Crippen LogP contribution >= 0.6 is 0 Å². The summed E-state index contributed by atoms with van der Waals surface area (Å²) in [5, 5.41) is 14.2. The summed E-state index contributed by atoms with van der Waals surface area (Å²) in [6.45, 7) is 0.472. The van der Waals surface area contributed by atoms with Crippen LogP contribution in [0.4, 0.5) is 0 Å². The number of carbonyl (C=O) groups is 1. The molecule has 0 spiro atoms. The second kappa shape index (κ2) is 6.99. The van der Waals surface area contributed by atoms with Crippen LogP contribution in [0, 0.1) is 0 Å². The van der Waals surface area contributed by atoms with Crippen LogP contribution in [0.2, 0.25) is 0 Å². The fourth-order valence-corrected chi connectivity index (χ4v) is 1.68. The summed E-state index contributed by atoms with van der Waals surface area (Å²) >= 11 is 0. The summed E-state index contributed by atoms with van der Waals surface area (Å²) in [6, 6.07) is 8.72. The van der Waals surface area contributed by atoms with Crippen LogP contribution in [0.3, 0.4) is 0 Å². The lowest BCUT2D eigenvalue weighted by Crippen LogP contribution is -2.27. The number of carbonyl (C=O) groups excluding carboxylic acids is 1. The van der Waals surface area contributed by atoms with Crippen molar-refractivity contribution in [1.29, 1.82) is 0 Å². The Bertz CT molecular complexity index is 626. The third-order valence-corrected chi connectivity index (χ3v) is 2.79. The van der Waals surface area contributed by atoms with E-state index in [4.69, 9.17) is 10.9 Å². The first-order valence-electron chi connectivity index (χ1n) is 6.33. The average molecular weight is 285 g/mol. The smallest absolute Gasteiger partial charge is 0.269 e. The van der Waals surface area contributed by atoms with Gasteiger partial charge in [0.15, 0.2) is 5.84 Å². The van der Waals surface area contributed by atoms with Crippen LogP contribution in [0.5, 0.6) is 0 Å². The second-order valence-electron chi connectivity index (χ2n) is 4.24. The number of rotatable bonds is 5. The monoisotopic (exact) mass is 285 g/mol. The van der Waals surface area contributed by atoms with Crippen molar-refractivity contribution in [2.75, 3.05) is 6.54 Å². The van der Waals surface area contributed by atoms with E-state index in [0.29, 0.717) is 18.5 Å². The van der Waals surface area contributed by atoms with Gasteiger partial charge in [-0.15, -0.1) is 0 Å². The van der Waals surface area contributed by atoms with Gasteiger partial charge in [0.05, 0.1) is 0 Å². The molecule has 0 saturated carbocycles. The van der Waals surface area contributed by atoms with Crippen LogP contribution in [0.1, 0.15) is 21.7 Å². The molecule has 7 nitrogen and oxygen atoms in total. The van der Waals surface area contributed by atoms with Crippen molar-refractivity contribution in [3.05, 3.63) is 59.7 Å². The highest BCUT2D eigenvalue weighted by molar-refractivity contribution is 5.98. The minimum atomic E-state index is -0.281. The van der Waals surface area contributed by atoms with Crippen molar-refractivity contribution in [2.24, 2.45) is 10.9 Å². The fourth-order valence-electron chi connectivity index (χ4n) is 1.68. The molecular formula is C14H15N5O2. The third kappa shape index (κ3) is 4.00. The molecule has 0 aliphatic heterocycles. The lowest BCUT2D eigenvalue weighted by atomic mass is 10.2. The summed E-state index contributed by atoms with van der Waals surface area (Å²) in [4.78, 5) is 20.0. The van der Waals surface area contributed by atoms with Crippen molar-refractivity contribution in [1.82, 2.24) is 15.3 Å². The molecule has 2 aromatic rings. The number of amides is 1. The molecule has 7 heteroatoms. The molecule has 1 amide bonds. The quantitative estimate of drug-likeness (QED) is 0.321. The highest BCUT2D eigenvalue weighted by Crippen LogP contribution is 2.00. The van der Waals surface area contributed by atoms with E-state index in [0.717, 1.165) is 5.69 Å². The van der Waals surface area contributed by atoms with Crippen LogP contribution in [-0.2, 0) is 6.42 Å². The maximum atomic E-state index is 11.9. The number of amidine groups is 1. The molecule has 0 aliphatic rings. The molecule has 4 N–H and O–H groups in total. The van der Waals surface area contributed by atoms with Gasteiger partial charge >= 0.3 is 0 Å². The van der Waals surface area contributed by atoms with Crippen molar-refractivity contribution in [3.63, 3.8) is 0 Å². The van der Waals surface area contributed by atoms with Gasteiger partial charge in [-0.2, -0.15) is 0 Å². The molecule has 0 saturated heterocycles. The molecule has 2 heterocycles. The van der Waals surface area contributed by atoms with Crippen LogP contribution in [0.25, 0.3) is 0 Å². The number of pyridine rings is 2. The van der Waals surface area contributed by atoms with E-state index in [9.17, 15) is 4.79 Å². The van der Waals surface area contributed by atoms with Gasteiger partial charge in [0.2, 0.25) is 0 Å². The number of hydrogen-bond donors (Lipinski definition) is 3. The van der Waals surface area contributed by atoms with E-state index >= 15 is 0 Å². The molecule has 0 aromatic carbocycles. The van der Waals surface area contributed by atoms with Crippen molar-refractivity contribution in [3.8, 4) is 0 Å². The summed E-state index contributed by atoms with van der Waals surface area (Å²) < 4.78 is 0. The van der Waals surface area contributed by atoms with Crippen LogP contribution in [-0.4, -0.2) is 33.5 Å². The Kier molecular flexibility index (Phi) is 4.81. The van der Waals surface area contributed by atoms with Gasteiger partial charge in [0.25, 0.3) is 5.91 Å². The summed E-state index contributed by atoms with van der Waals surface area (Å²) in [5.41, 5.74) is 7.04. The fraction of sp³-hybridized carbons (Fsp3) is 0.143. The first-order chi connectivity index (χ1) is 10.2. The molecule has 2 aromatic heterocycles. The third-order valence-electron chi connectivity index (χ3n) is 2.79. The number of nitrogens with one attached hydrogen (secondary N) is 1. The van der Waals surface area contributed by atoms with Crippen LogP contribution in [0.15, 0.2) is 47.9 Å². The normalized spacial score (nSPS) is 11.1. The van der Waals surface area contributed by atoms with E-state index in [2.05, 4.69) is 20.4 Å². The first-order valence-corrected chi connectivity index (χ1v) is 6.33. The standard InChI is InChI=1S/C14H15N5O2/c15-13(19-21)10-4-5-12(18-9-10)14(20)17-8-6-11-3-1-2-7-16-11/h1-5,7,9,21H,6,8H2,(H2,15,19)(H,17,20). The average Bonchev–Trinajstić information content (AvgIpc) is 2.55. The Labute approximate surface area is 121 Å². The molecule has 0 radical (unpaired) electrons. The number of oxime groups is 1. The summed E-state index contributed by atoms with van der Waals surface area (Å²) in [6.07, 6.45) is 3.74. The van der Waals surface area contributed by atoms with E-state index in [-0.39, 0.29) is 17.4 Å². The van der Waals surface area contributed by atoms with Crippen molar-refractivity contribution in [2.45, 2.75) is 6.42 Å². The van der Waals surface area contributed by atoms with Crippen molar-refractivity contribution >= 4 is 11.7 Å². The topological polar surface area (TPSA) is 113 Å². The predicted molar refractivity (Wildman–Crippen MR) is 77.0 cm³/mol. The van der Waals surface area contributed by atoms with Gasteiger partial charge in [-0.1, -0.05) is 11.2 Å². The highest BCUT2D eigenvalue weighted by atomic mass is 16.4. The largest absolute Gasteiger partial charge is 0.409 e. The minimum absolute atomic E-state index is 0.0513. The molecule has 0 aliphatic carbocycles. The van der Waals surface area contributed by atoms with Crippen molar-refractivity contribution < 1.29 is 10.0 Å². The van der Waals surface area contributed by atoms with E-state index in [1.807, 2.05) is 18.2 Å². The Morgan fingerprint density at radius 1 is 1.29 bits per heavy atom. The predicted octanol–water partition coefficient (Wildman–Crippen LogP) is 0.544. The van der Waals surface area contributed by atoms with Gasteiger partial charge in [0.1, 0.15) is 5.69 Å². The van der Waals surface area contributed by atoms with Crippen LogP contribution < -0.4 is 11.1 Å². The SMILES string of the molecule is NC(=NO)c1ccc(C(=O)NCCc2ccccn2)nc1. The second-order valence-corrected chi connectivity index (χ2v) is 4.24. The Balaban J connectivity index is 1.89. The summed E-state index contributed by atoms with van der Waals surface area (Å²) in [7, 11) is 0. The van der Waals surface area contributed by atoms with Gasteiger partial charge < -0.3 is 16.3 Å². The zero-order valence-electron chi connectivity index (χ0n) is 11.2. The zero-order valence-corrected chi connectivity index (χ0v) is 11.2. The minimum Gasteiger partial charge on any atom is -0.409 e. The molecule has 0 bridgehead atoms. The zero-order chi connectivity index (χ0) is 15.1. The van der Waals surface area contributed by atoms with Gasteiger partial charge in [-0.25, -0.2) is 0 Å². The maximum absolute atomic E-state index is 11.9. The van der Waals surface area contributed by atoms with E-state index in [1.165, 1.54) is 12.3 Å².